The zero-order valence-corrected chi connectivity index (χ0v) is 13.6. The number of aliphatic carboxylic acids is 1. The minimum atomic E-state index is -1.24. The summed E-state index contributed by atoms with van der Waals surface area (Å²) in [5, 5.41) is 11.5. The van der Waals surface area contributed by atoms with Crippen molar-refractivity contribution in [3.05, 3.63) is 71.6 Å². The highest BCUT2D eigenvalue weighted by Crippen LogP contribution is 2.13. The number of ether oxygens (including phenoxy) is 1. The summed E-state index contributed by atoms with van der Waals surface area (Å²) in [7, 11) is 1.52. The molecule has 0 radical (unpaired) electrons. The SMILES string of the molecule is COc1ccc(C[C@H](NC(=O)/C(F)=C/c2ccccc2)C(=O)O)cc1. The highest BCUT2D eigenvalue weighted by molar-refractivity contribution is 5.97. The molecule has 0 spiro atoms. The number of benzene rings is 2. The minimum absolute atomic E-state index is 0.0314. The summed E-state index contributed by atoms with van der Waals surface area (Å²) in [6.07, 6.45) is 1.09. The second-order valence-electron chi connectivity index (χ2n) is 5.32. The third-order valence-electron chi connectivity index (χ3n) is 3.51. The molecule has 1 atom stereocenters. The number of amides is 1. The van der Waals surface area contributed by atoms with Crippen molar-refractivity contribution in [2.75, 3.05) is 7.11 Å². The molecule has 0 heterocycles. The maximum atomic E-state index is 14.0. The number of carboxylic acids is 1. The van der Waals surface area contributed by atoms with Crippen LogP contribution in [0.3, 0.4) is 0 Å². The van der Waals surface area contributed by atoms with Crippen LogP contribution in [0.1, 0.15) is 11.1 Å². The van der Waals surface area contributed by atoms with E-state index in [1.54, 1.807) is 54.6 Å². The van der Waals surface area contributed by atoms with Crippen molar-refractivity contribution in [2.45, 2.75) is 12.5 Å². The zero-order chi connectivity index (χ0) is 18.2. The Morgan fingerprint density at radius 3 is 2.36 bits per heavy atom. The van der Waals surface area contributed by atoms with Gasteiger partial charge in [-0.1, -0.05) is 42.5 Å². The molecule has 1 amide bonds. The minimum Gasteiger partial charge on any atom is -0.497 e. The summed E-state index contributed by atoms with van der Waals surface area (Å²) in [4.78, 5) is 23.3. The topological polar surface area (TPSA) is 75.6 Å². The Balaban J connectivity index is 2.06. The normalized spacial score (nSPS) is 12.3. The van der Waals surface area contributed by atoms with E-state index in [1.807, 2.05) is 0 Å². The number of carboxylic acid groups (broad SMARTS) is 1. The van der Waals surface area contributed by atoms with Crippen molar-refractivity contribution in [2.24, 2.45) is 0 Å². The number of halogens is 1. The van der Waals surface area contributed by atoms with Gasteiger partial charge in [0.25, 0.3) is 5.91 Å². The van der Waals surface area contributed by atoms with Crippen LogP contribution in [0.5, 0.6) is 5.75 Å². The van der Waals surface area contributed by atoms with Gasteiger partial charge in [0.05, 0.1) is 7.11 Å². The predicted molar refractivity (Wildman–Crippen MR) is 91.8 cm³/mol. The van der Waals surface area contributed by atoms with E-state index in [0.717, 1.165) is 6.08 Å². The number of nitrogens with one attached hydrogen (secondary N) is 1. The molecule has 0 fully saturated rings. The molecule has 0 saturated heterocycles. The van der Waals surface area contributed by atoms with Gasteiger partial charge >= 0.3 is 5.97 Å². The van der Waals surface area contributed by atoms with Gasteiger partial charge in [-0.05, 0) is 29.3 Å². The van der Waals surface area contributed by atoms with Crippen molar-refractivity contribution in [1.82, 2.24) is 5.32 Å². The van der Waals surface area contributed by atoms with Crippen molar-refractivity contribution >= 4 is 18.0 Å². The molecule has 2 rings (SSSR count). The van der Waals surface area contributed by atoms with Crippen LogP contribution >= 0.6 is 0 Å². The molecule has 2 aromatic carbocycles. The number of hydrogen-bond acceptors (Lipinski definition) is 3. The molecule has 6 heteroatoms. The Morgan fingerprint density at radius 2 is 1.80 bits per heavy atom. The van der Waals surface area contributed by atoms with E-state index in [9.17, 15) is 19.1 Å². The maximum absolute atomic E-state index is 14.0. The molecule has 130 valence electrons. The van der Waals surface area contributed by atoms with Gasteiger partial charge in [-0.3, -0.25) is 4.79 Å². The van der Waals surface area contributed by atoms with E-state index in [2.05, 4.69) is 5.32 Å². The second-order valence-corrected chi connectivity index (χ2v) is 5.32. The first kappa shape index (κ1) is 18.2. The Hall–Kier alpha value is -3.15. The van der Waals surface area contributed by atoms with Crippen LogP contribution in [0.2, 0.25) is 0 Å². The fourth-order valence-electron chi connectivity index (χ4n) is 2.19. The summed E-state index contributed by atoms with van der Waals surface area (Å²) in [6.45, 7) is 0. The average Bonchev–Trinajstić information content (AvgIpc) is 2.62. The molecule has 5 nitrogen and oxygen atoms in total. The maximum Gasteiger partial charge on any atom is 0.326 e. The summed E-state index contributed by atoms with van der Waals surface area (Å²) in [5.74, 6) is -2.72. The number of carbonyl (C=O) groups excluding carboxylic acids is 1. The molecule has 0 bridgehead atoms. The molecule has 25 heavy (non-hydrogen) atoms. The Labute approximate surface area is 144 Å². The molecule has 2 N–H and O–H groups in total. The van der Waals surface area contributed by atoms with Crippen molar-refractivity contribution in [3.8, 4) is 5.75 Å². The molecule has 0 aliphatic carbocycles. The van der Waals surface area contributed by atoms with E-state index in [-0.39, 0.29) is 6.42 Å². The monoisotopic (exact) mass is 343 g/mol. The fraction of sp³-hybridized carbons (Fsp3) is 0.158. The van der Waals surface area contributed by atoms with Crippen LogP contribution in [-0.4, -0.2) is 30.1 Å². The van der Waals surface area contributed by atoms with E-state index < -0.39 is 23.7 Å². The summed E-state index contributed by atoms with van der Waals surface area (Å²) in [5.41, 5.74) is 1.19. The van der Waals surface area contributed by atoms with E-state index >= 15 is 0 Å². The van der Waals surface area contributed by atoms with Crippen molar-refractivity contribution in [3.63, 3.8) is 0 Å². The molecule has 0 aromatic heterocycles. The molecule has 0 aliphatic rings. The lowest BCUT2D eigenvalue weighted by atomic mass is 10.1. The van der Waals surface area contributed by atoms with E-state index in [4.69, 9.17) is 4.74 Å². The Bertz CT molecular complexity index is 757. The lowest BCUT2D eigenvalue weighted by Crippen LogP contribution is -2.42. The van der Waals surface area contributed by atoms with Gasteiger partial charge in [-0.2, -0.15) is 0 Å². The average molecular weight is 343 g/mol. The Kier molecular flexibility index (Phi) is 6.28. The van der Waals surface area contributed by atoms with Gasteiger partial charge in [0.2, 0.25) is 0 Å². The standard InChI is InChI=1S/C19H18FNO4/c1-25-15-9-7-14(8-10-15)12-17(19(23)24)21-18(22)16(20)11-13-5-3-2-4-6-13/h2-11,17H,12H2,1H3,(H,21,22)(H,23,24)/b16-11-/t17-/m0/s1. The van der Waals surface area contributed by atoms with Gasteiger partial charge in [-0.15, -0.1) is 0 Å². The fourth-order valence-corrected chi connectivity index (χ4v) is 2.19. The van der Waals surface area contributed by atoms with Gasteiger partial charge < -0.3 is 15.2 Å². The Morgan fingerprint density at radius 1 is 1.16 bits per heavy atom. The van der Waals surface area contributed by atoms with Gasteiger partial charge in [0, 0.05) is 6.42 Å². The molecular formula is C19H18FNO4. The molecule has 0 unspecified atom stereocenters. The molecular weight excluding hydrogens is 325 g/mol. The molecule has 0 aliphatic heterocycles. The largest absolute Gasteiger partial charge is 0.497 e. The van der Waals surface area contributed by atoms with Crippen molar-refractivity contribution in [1.29, 1.82) is 0 Å². The third kappa shape index (κ3) is 5.46. The number of carbonyl (C=O) groups is 2. The van der Waals surface area contributed by atoms with Crippen molar-refractivity contribution < 1.29 is 23.8 Å². The van der Waals surface area contributed by atoms with Crippen LogP contribution in [0.25, 0.3) is 6.08 Å². The zero-order valence-electron chi connectivity index (χ0n) is 13.6. The first-order valence-electron chi connectivity index (χ1n) is 7.58. The van der Waals surface area contributed by atoms with Crippen LogP contribution in [0.4, 0.5) is 4.39 Å². The van der Waals surface area contributed by atoms with Crippen LogP contribution in [-0.2, 0) is 16.0 Å². The smallest absolute Gasteiger partial charge is 0.326 e. The van der Waals surface area contributed by atoms with Crippen LogP contribution in [0.15, 0.2) is 60.4 Å². The quantitative estimate of drug-likeness (QED) is 0.758. The van der Waals surface area contributed by atoms with Crippen LogP contribution in [0, 0.1) is 0 Å². The summed E-state index contributed by atoms with van der Waals surface area (Å²) in [6, 6.07) is 14.0. The number of rotatable bonds is 7. The van der Waals surface area contributed by atoms with Gasteiger partial charge in [0.15, 0.2) is 5.83 Å². The lowest BCUT2D eigenvalue weighted by Gasteiger charge is -2.14. The van der Waals surface area contributed by atoms with E-state index in [0.29, 0.717) is 16.9 Å². The van der Waals surface area contributed by atoms with Gasteiger partial charge in [0.1, 0.15) is 11.8 Å². The lowest BCUT2D eigenvalue weighted by molar-refractivity contribution is -0.141. The molecule has 2 aromatic rings. The number of methoxy groups -OCH3 is 1. The van der Waals surface area contributed by atoms with E-state index in [1.165, 1.54) is 7.11 Å². The molecule has 0 saturated carbocycles. The second kappa shape index (κ2) is 8.63. The summed E-state index contributed by atoms with van der Waals surface area (Å²) < 4.78 is 19.0. The summed E-state index contributed by atoms with van der Waals surface area (Å²) >= 11 is 0. The van der Waals surface area contributed by atoms with Gasteiger partial charge in [-0.25, -0.2) is 9.18 Å². The van der Waals surface area contributed by atoms with Crippen LogP contribution < -0.4 is 10.1 Å². The highest BCUT2D eigenvalue weighted by atomic mass is 19.1. The number of hydrogen-bond donors (Lipinski definition) is 2. The first-order valence-corrected chi connectivity index (χ1v) is 7.58. The third-order valence-corrected chi connectivity index (χ3v) is 3.51. The highest BCUT2D eigenvalue weighted by Gasteiger charge is 2.22. The first-order chi connectivity index (χ1) is 12.0. The predicted octanol–water partition coefficient (Wildman–Crippen LogP) is 2.82.